The van der Waals surface area contributed by atoms with Gasteiger partial charge in [0.05, 0.1) is 25.9 Å². The van der Waals surface area contributed by atoms with E-state index < -0.39 is 24.3 Å². The van der Waals surface area contributed by atoms with Crippen molar-refractivity contribution >= 4 is 23.3 Å². The highest BCUT2D eigenvalue weighted by Crippen LogP contribution is 2.35. The summed E-state index contributed by atoms with van der Waals surface area (Å²) in [6.07, 6.45) is -8.42. The zero-order valence-electron chi connectivity index (χ0n) is 19.1. The highest BCUT2D eigenvalue weighted by atomic mass is 32.1. The average Bonchev–Trinajstić information content (AvgIpc) is 3.44. The highest BCUT2D eigenvalue weighted by Gasteiger charge is 2.41. The van der Waals surface area contributed by atoms with Crippen molar-refractivity contribution in [2.24, 2.45) is 11.8 Å². The van der Waals surface area contributed by atoms with Crippen molar-refractivity contribution in [2.75, 3.05) is 52.5 Å². The van der Waals surface area contributed by atoms with Crippen LogP contribution in [0.3, 0.4) is 0 Å². The maximum atomic E-state index is 10.6. The van der Waals surface area contributed by atoms with Crippen LogP contribution in [-0.4, -0.2) is 103 Å². The summed E-state index contributed by atoms with van der Waals surface area (Å²) in [5.41, 5.74) is 1.47. The van der Waals surface area contributed by atoms with Gasteiger partial charge in [-0.15, -0.1) is 0 Å². The lowest BCUT2D eigenvalue weighted by Gasteiger charge is -2.37. The molecule has 3 saturated heterocycles. The van der Waals surface area contributed by atoms with Gasteiger partial charge in [0.25, 0.3) is 0 Å². The Morgan fingerprint density at radius 1 is 1.00 bits per heavy atom. The third-order valence-electron chi connectivity index (χ3n) is 5.89. The Bertz CT molecular complexity index is 793. The molecule has 4 rings (SSSR count). The molecule has 0 bridgehead atoms. The van der Waals surface area contributed by atoms with Gasteiger partial charge in [-0.25, -0.2) is 9.59 Å². The minimum absolute atomic E-state index is 0.450. The summed E-state index contributed by atoms with van der Waals surface area (Å²) in [7, 11) is 0. The number of fused-ring (bicyclic) bond motifs is 1. The van der Waals surface area contributed by atoms with E-state index in [2.05, 4.69) is 26.6 Å². The van der Waals surface area contributed by atoms with Crippen LogP contribution in [0.15, 0.2) is 16.8 Å². The van der Waals surface area contributed by atoms with E-state index in [1.807, 2.05) is 0 Å². The van der Waals surface area contributed by atoms with E-state index in [4.69, 9.17) is 29.3 Å². The van der Waals surface area contributed by atoms with Crippen LogP contribution in [0, 0.1) is 11.8 Å². The van der Waals surface area contributed by atoms with Crippen molar-refractivity contribution in [1.29, 1.82) is 0 Å². The zero-order valence-corrected chi connectivity index (χ0v) is 19.9. The smallest absolute Gasteiger partial charge is 0.475 e. The van der Waals surface area contributed by atoms with E-state index in [0.29, 0.717) is 6.10 Å². The van der Waals surface area contributed by atoms with Gasteiger partial charge in [0.15, 0.2) is 0 Å². The molecule has 1 aromatic rings. The number of carbonyl (C=O) groups is 2. The Hall–Kier alpha value is -1.94. The molecule has 1 aromatic heterocycles. The molecule has 3 fully saturated rings. The predicted molar refractivity (Wildman–Crippen MR) is 116 cm³/mol. The number of halogens is 6. The SMILES string of the molecule is O=C(O)C(F)(F)F.O=C(O)C(F)(F)F.c1cc(CN2CC[C@@H]3[C@@H](CO[C@H]3CN3CCOCC3)C2)cs1. The number of hydrogen-bond donors (Lipinski definition) is 2. The fraction of sp³-hybridized carbons (Fsp3) is 0.714. The molecule has 8 nitrogen and oxygen atoms in total. The first kappa shape index (κ1) is 30.3. The van der Waals surface area contributed by atoms with E-state index in [-0.39, 0.29) is 0 Å². The van der Waals surface area contributed by atoms with E-state index in [1.165, 1.54) is 25.1 Å². The van der Waals surface area contributed by atoms with Crippen molar-refractivity contribution in [2.45, 2.75) is 31.4 Å². The third-order valence-corrected chi connectivity index (χ3v) is 6.62. The lowest BCUT2D eigenvalue weighted by Crippen LogP contribution is -2.45. The topological polar surface area (TPSA) is 99.5 Å². The van der Waals surface area contributed by atoms with Gasteiger partial charge in [-0.3, -0.25) is 9.80 Å². The van der Waals surface area contributed by atoms with Gasteiger partial charge in [-0.05, 0) is 41.3 Å². The van der Waals surface area contributed by atoms with Crippen LogP contribution in [0.2, 0.25) is 0 Å². The van der Waals surface area contributed by atoms with Crippen LogP contribution in [-0.2, 0) is 25.6 Å². The maximum Gasteiger partial charge on any atom is 0.490 e. The molecule has 3 aliphatic rings. The fourth-order valence-electron chi connectivity index (χ4n) is 4.17. The molecule has 0 unspecified atom stereocenters. The molecule has 4 heterocycles. The van der Waals surface area contributed by atoms with Gasteiger partial charge < -0.3 is 19.7 Å². The van der Waals surface area contributed by atoms with Gasteiger partial charge in [-0.2, -0.15) is 37.7 Å². The Balaban J connectivity index is 0.000000271. The van der Waals surface area contributed by atoms with Gasteiger partial charge >= 0.3 is 24.3 Å². The zero-order chi connectivity index (χ0) is 26.9. The number of alkyl halides is 6. The molecule has 206 valence electrons. The predicted octanol–water partition coefficient (Wildman–Crippen LogP) is 3.18. The first-order valence-electron chi connectivity index (χ1n) is 11.0. The van der Waals surface area contributed by atoms with Crippen LogP contribution in [0.4, 0.5) is 26.3 Å². The van der Waals surface area contributed by atoms with Crippen molar-refractivity contribution in [3.05, 3.63) is 22.4 Å². The minimum Gasteiger partial charge on any atom is -0.475 e. The number of likely N-dealkylation sites (tertiary alicyclic amines) is 1. The number of morpholine rings is 1. The normalized spacial score (nSPS) is 25.1. The summed E-state index contributed by atoms with van der Waals surface area (Å²) >= 11 is 1.80. The molecule has 0 radical (unpaired) electrons. The molecule has 0 saturated carbocycles. The Morgan fingerprint density at radius 2 is 1.58 bits per heavy atom. The van der Waals surface area contributed by atoms with E-state index in [1.54, 1.807) is 11.3 Å². The molecule has 0 aliphatic carbocycles. The molecular formula is C21H28F6N2O6S. The summed E-state index contributed by atoms with van der Waals surface area (Å²) < 4.78 is 75.1. The second-order valence-corrected chi connectivity index (χ2v) is 9.25. The first-order chi connectivity index (χ1) is 16.8. The monoisotopic (exact) mass is 550 g/mol. The number of piperidine rings is 1. The number of thiophene rings is 1. The third kappa shape index (κ3) is 10.2. The quantitative estimate of drug-likeness (QED) is 0.552. The van der Waals surface area contributed by atoms with Crippen molar-refractivity contribution < 1.29 is 55.6 Å². The summed E-state index contributed by atoms with van der Waals surface area (Å²) in [4.78, 5) is 22.9. The summed E-state index contributed by atoms with van der Waals surface area (Å²) in [5.74, 6) is -4.01. The lowest BCUT2D eigenvalue weighted by molar-refractivity contribution is -0.193. The molecule has 3 atom stereocenters. The summed E-state index contributed by atoms with van der Waals surface area (Å²) in [6.45, 7) is 9.52. The van der Waals surface area contributed by atoms with Crippen LogP contribution < -0.4 is 0 Å². The van der Waals surface area contributed by atoms with Gasteiger partial charge in [-0.1, -0.05) is 0 Å². The average molecular weight is 551 g/mol. The van der Waals surface area contributed by atoms with Crippen molar-refractivity contribution in [1.82, 2.24) is 9.80 Å². The molecule has 0 amide bonds. The maximum absolute atomic E-state index is 10.6. The minimum atomic E-state index is -5.08. The van der Waals surface area contributed by atoms with Gasteiger partial charge in [0.2, 0.25) is 0 Å². The molecule has 2 N–H and O–H groups in total. The van der Waals surface area contributed by atoms with E-state index in [9.17, 15) is 26.3 Å². The van der Waals surface area contributed by atoms with E-state index >= 15 is 0 Å². The number of aliphatic carboxylic acids is 2. The molecule has 0 aromatic carbocycles. The fourth-order valence-corrected chi connectivity index (χ4v) is 4.83. The standard InChI is InChI=1S/C17H26N2O2S.2C2HF3O2/c1-3-19(9-14-2-8-22-13-14)10-15-12-21-17(16(1)15)11-18-4-6-20-7-5-18;2*3-2(4,5)1(6)7/h2,8,13,15-17H,1,3-7,9-12H2;2*(H,6,7)/t15-,16-,17+;;/m1../s1. The highest BCUT2D eigenvalue weighted by molar-refractivity contribution is 7.07. The Labute approximate surface area is 207 Å². The van der Waals surface area contributed by atoms with Crippen LogP contribution in [0.5, 0.6) is 0 Å². The summed E-state index contributed by atoms with van der Waals surface area (Å²) in [6, 6.07) is 2.25. The molecular weight excluding hydrogens is 522 g/mol. The number of rotatable bonds is 4. The number of carboxylic acid groups (broad SMARTS) is 2. The Morgan fingerprint density at radius 3 is 2.08 bits per heavy atom. The lowest BCUT2D eigenvalue weighted by atomic mass is 9.84. The van der Waals surface area contributed by atoms with Gasteiger partial charge in [0, 0.05) is 38.6 Å². The van der Waals surface area contributed by atoms with Crippen LogP contribution in [0.1, 0.15) is 12.0 Å². The Kier molecular flexibility index (Phi) is 11.4. The van der Waals surface area contributed by atoms with Gasteiger partial charge in [0.1, 0.15) is 0 Å². The number of ether oxygens (including phenoxy) is 2. The molecule has 36 heavy (non-hydrogen) atoms. The van der Waals surface area contributed by atoms with Crippen molar-refractivity contribution in [3.8, 4) is 0 Å². The van der Waals surface area contributed by atoms with Crippen LogP contribution in [0.25, 0.3) is 0 Å². The molecule has 0 spiro atoms. The number of nitrogens with zero attached hydrogens (tertiary/aromatic N) is 2. The number of hydrogen-bond acceptors (Lipinski definition) is 7. The second kappa shape index (κ2) is 13.6. The second-order valence-electron chi connectivity index (χ2n) is 8.47. The largest absolute Gasteiger partial charge is 0.490 e. The van der Waals surface area contributed by atoms with Crippen LogP contribution >= 0.6 is 11.3 Å². The first-order valence-corrected chi connectivity index (χ1v) is 12.0. The molecule has 15 heteroatoms. The van der Waals surface area contributed by atoms with Crippen molar-refractivity contribution in [3.63, 3.8) is 0 Å². The van der Waals surface area contributed by atoms with E-state index in [0.717, 1.165) is 57.8 Å². The molecule has 3 aliphatic heterocycles. The number of carboxylic acids is 2. The summed E-state index contributed by atoms with van der Waals surface area (Å²) in [5, 5.41) is 18.7.